The summed E-state index contributed by atoms with van der Waals surface area (Å²) in [6.45, 7) is 3.99. The summed E-state index contributed by atoms with van der Waals surface area (Å²) in [6.07, 6.45) is 2.89. The van der Waals surface area contributed by atoms with Crippen molar-refractivity contribution in [1.29, 1.82) is 0 Å². The summed E-state index contributed by atoms with van der Waals surface area (Å²) >= 11 is 0. The number of hydrogen-bond acceptors (Lipinski definition) is 4. The Bertz CT molecular complexity index is 1350. The van der Waals surface area contributed by atoms with Crippen LogP contribution < -0.4 is 0 Å². The van der Waals surface area contributed by atoms with Crippen molar-refractivity contribution in [3.05, 3.63) is 65.6 Å². The summed E-state index contributed by atoms with van der Waals surface area (Å²) in [5.74, 6) is 2.71. The van der Waals surface area contributed by atoms with Gasteiger partial charge in [-0.2, -0.15) is 5.10 Å². The van der Waals surface area contributed by atoms with Gasteiger partial charge in [-0.05, 0) is 31.7 Å². The van der Waals surface area contributed by atoms with Crippen LogP contribution in [0.3, 0.4) is 0 Å². The summed E-state index contributed by atoms with van der Waals surface area (Å²) in [5.41, 5.74) is 5.04. The van der Waals surface area contributed by atoms with E-state index in [1.54, 1.807) is 0 Å². The molecule has 1 saturated carbocycles. The van der Waals surface area contributed by atoms with Crippen LogP contribution >= 0.6 is 0 Å². The minimum absolute atomic E-state index is 0.320. The van der Waals surface area contributed by atoms with E-state index in [4.69, 9.17) is 15.1 Å². The summed E-state index contributed by atoms with van der Waals surface area (Å²) in [4.78, 5) is 14.3. The van der Waals surface area contributed by atoms with Gasteiger partial charge in [0.1, 0.15) is 5.82 Å². The van der Waals surface area contributed by atoms with Crippen LogP contribution in [0.5, 0.6) is 0 Å². The highest BCUT2D eigenvalue weighted by Gasteiger charge is 2.45. The number of nitrogens with zero attached hydrogens (tertiary/aromatic N) is 6. The first-order chi connectivity index (χ1) is 13.6. The molecule has 0 aliphatic heterocycles. The molecule has 3 aromatic heterocycles. The normalized spacial score (nSPS) is 19.1. The van der Waals surface area contributed by atoms with E-state index in [2.05, 4.69) is 53.0 Å². The van der Waals surface area contributed by atoms with Gasteiger partial charge in [-0.15, -0.1) is 0 Å². The number of aromatic nitrogens is 6. The Morgan fingerprint density at radius 2 is 1.86 bits per heavy atom. The lowest BCUT2D eigenvalue weighted by Crippen LogP contribution is -1.98. The average Bonchev–Trinajstić information content (AvgIpc) is 3.23. The Kier molecular flexibility index (Phi) is 3.02. The number of imidazole rings is 1. The quantitative estimate of drug-likeness (QED) is 0.472. The van der Waals surface area contributed by atoms with E-state index in [0.717, 1.165) is 40.6 Å². The SMILES string of the molecule is Cc1ncc(C)n2nc([C@H]3C[C@@H]3c3nc4c5ccccc5ccc4n3C)nc12. The first-order valence-electron chi connectivity index (χ1n) is 9.65. The number of rotatable bonds is 2. The van der Waals surface area contributed by atoms with Gasteiger partial charge in [-0.3, -0.25) is 4.98 Å². The largest absolute Gasteiger partial charge is 0.331 e. The van der Waals surface area contributed by atoms with Gasteiger partial charge in [0.25, 0.3) is 0 Å². The molecule has 0 bridgehead atoms. The molecule has 0 radical (unpaired) electrons. The van der Waals surface area contributed by atoms with Gasteiger partial charge >= 0.3 is 0 Å². The molecule has 28 heavy (non-hydrogen) atoms. The zero-order valence-electron chi connectivity index (χ0n) is 16.1. The standard InChI is InChI=1S/C22H20N6/c1-12-11-23-13(2)21-25-20(26-28(12)21)16-10-17(16)22-24-19-15-7-5-4-6-14(15)8-9-18(19)27(22)3/h4-9,11,16-17H,10H2,1-3H3/t16-,17-/m0/s1. The van der Waals surface area contributed by atoms with E-state index in [1.807, 2.05) is 24.6 Å². The fourth-order valence-electron chi connectivity index (χ4n) is 4.31. The molecule has 138 valence electrons. The van der Waals surface area contributed by atoms with Crippen molar-refractivity contribution in [3.63, 3.8) is 0 Å². The van der Waals surface area contributed by atoms with Crippen molar-refractivity contribution in [2.24, 2.45) is 7.05 Å². The molecule has 2 atom stereocenters. The third-order valence-corrected chi connectivity index (χ3v) is 5.99. The van der Waals surface area contributed by atoms with E-state index >= 15 is 0 Å². The Morgan fingerprint density at radius 1 is 1.00 bits per heavy atom. The molecule has 0 spiro atoms. The van der Waals surface area contributed by atoms with Crippen molar-refractivity contribution < 1.29 is 0 Å². The fraction of sp³-hybridized carbons (Fsp3) is 0.273. The molecule has 2 aromatic carbocycles. The third kappa shape index (κ3) is 2.08. The van der Waals surface area contributed by atoms with Gasteiger partial charge in [0.05, 0.1) is 22.4 Å². The molecule has 0 N–H and O–H groups in total. The molecule has 1 aliphatic carbocycles. The van der Waals surface area contributed by atoms with Crippen LogP contribution in [0.15, 0.2) is 42.6 Å². The van der Waals surface area contributed by atoms with Gasteiger partial charge < -0.3 is 4.57 Å². The van der Waals surface area contributed by atoms with Gasteiger partial charge in [0.2, 0.25) is 0 Å². The van der Waals surface area contributed by atoms with E-state index in [1.165, 1.54) is 16.3 Å². The maximum absolute atomic E-state index is 5.06. The minimum Gasteiger partial charge on any atom is -0.331 e. The highest BCUT2D eigenvalue weighted by Crippen LogP contribution is 2.53. The summed E-state index contributed by atoms with van der Waals surface area (Å²) in [6, 6.07) is 12.8. The highest BCUT2D eigenvalue weighted by molar-refractivity contribution is 6.04. The molecular formula is C22H20N6. The third-order valence-electron chi connectivity index (χ3n) is 5.99. The number of aryl methyl sites for hydroxylation is 3. The second-order valence-corrected chi connectivity index (χ2v) is 7.82. The maximum atomic E-state index is 5.06. The van der Waals surface area contributed by atoms with Crippen LogP contribution in [-0.2, 0) is 7.05 Å². The number of fused-ring (bicyclic) bond motifs is 4. The van der Waals surface area contributed by atoms with Crippen molar-refractivity contribution in [2.75, 3.05) is 0 Å². The lowest BCUT2D eigenvalue weighted by molar-refractivity contribution is 0.780. The molecule has 1 fully saturated rings. The Hall–Kier alpha value is -3.28. The topological polar surface area (TPSA) is 60.9 Å². The van der Waals surface area contributed by atoms with Crippen LogP contribution in [0.1, 0.15) is 41.3 Å². The molecule has 0 unspecified atom stereocenters. The Morgan fingerprint density at radius 3 is 2.71 bits per heavy atom. The average molecular weight is 368 g/mol. The van der Waals surface area contributed by atoms with Crippen molar-refractivity contribution in [3.8, 4) is 0 Å². The molecule has 3 heterocycles. The van der Waals surface area contributed by atoms with E-state index in [0.29, 0.717) is 11.8 Å². The van der Waals surface area contributed by atoms with E-state index in [9.17, 15) is 0 Å². The Labute approximate surface area is 161 Å². The first-order valence-corrected chi connectivity index (χ1v) is 9.65. The Balaban J connectivity index is 1.44. The lowest BCUT2D eigenvalue weighted by atomic mass is 10.1. The lowest BCUT2D eigenvalue weighted by Gasteiger charge is -2.01. The van der Waals surface area contributed by atoms with Gasteiger partial charge in [-0.1, -0.05) is 30.3 Å². The molecule has 5 aromatic rings. The zero-order valence-corrected chi connectivity index (χ0v) is 16.1. The molecular weight excluding hydrogens is 348 g/mol. The van der Waals surface area contributed by atoms with Gasteiger partial charge in [0, 0.05) is 30.5 Å². The summed E-state index contributed by atoms with van der Waals surface area (Å²) in [5, 5.41) is 7.21. The predicted molar refractivity (Wildman–Crippen MR) is 109 cm³/mol. The van der Waals surface area contributed by atoms with Crippen LogP contribution in [0.25, 0.3) is 27.5 Å². The second-order valence-electron chi connectivity index (χ2n) is 7.82. The molecule has 6 nitrogen and oxygen atoms in total. The number of benzene rings is 2. The molecule has 0 saturated heterocycles. The van der Waals surface area contributed by atoms with Crippen molar-refractivity contribution in [1.82, 2.24) is 29.1 Å². The molecule has 1 aliphatic rings. The van der Waals surface area contributed by atoms with E-state index in [-0.39, 0.29) is 0 Å². The molecule has 6 rings (SSSR count). The van der Waals surface area contributed by atoms with Gasteiger partial charge in [-0.25, -0.2) is 14.5 Å². The van der Waals surface area contributed by atoms with Crippen LogP contribution in [0.2, 0.25) is 0 Å². The zero-order chi connectivity index (χ0) is 19.0. The van der Waals surface area contributed by atoms with Crippen LogP contribution in [0, 0.1) is 13.8 Å². The highest BCUT2D eigenvalue weighted by atomic mass is 15.3. The minimum atomic E-state index is 0.320. The summed E-state index contributed by atoms with van der Waals surface area (Å²) in [7, 11) is 2.12. The smallest absolute Gasteiger partial charge is 0.177 e. The second kappa shape index (κ2) is 5.38. The number of hydrogen-bond donors (Lipinski definition) is 0. The van der Waals surface area contributed by atoms with E-state index < -0.39 is 0 Å². The predicted octanol–water partition coefficient (Wildman–Crippen LogP) is 4.05. The van der Waals surface area contributed by atoms with Crippen molar-refractivity contribution >= 4 is 27.5 Å². The summed E-state index contributed by atoms with van der Waals surface area (Å²) < 4.78 is 4.15. The van der Waals surface area contributed by atoms with Gasteiger partial charge in [0.15, 0.2) is 11.5 Å². The monoisotopic (exact) mass is 368 g/mol. The first kappa shape index (κ1) is 15.7. The van der Waals surface area contributed by atoms with Crippen LogP contribution in [0.4, 0.5) is 0 Å². The van der Waals surface area contributed by atoms with Crippen LogP contribution in [-0.4, -0.2) is 29.1 Å². The van der Waals surface area contributed by atoms with Crippen molar-refractivity contribution in [2.45, 2.75) is 32.1 Å². The maximum Gasteiger partial charge on any atom is 0.177 e. The molecule has 6 heteroatoms. The molecule has 0 amide bonds. The fourth-order valence-corrected chi connectivity index (χ4v) is 4.31.